The minimum Gasteiger partial charge on any atom is -0.350 e. The van der Waals surface area contributed by atoms with Gasteiger partial charge in [-0.25, -0.2) is 0 Å². The molecule has 3 N–H and O–H groups in total. The molecular formula is C17H23Cl2N3O. The smallest absolute Gasteiger partial charge is 0.223 e. The molecule has 3 rings (SSSR count). The molecule has 1 fully saturated rings. The lowest BCUT2D eigenvalue weighted by molar-refractivity contribution is -0.126. The number of fused-ring (bicyclic) bond motifs is 1. The van der Waals surface area contributed by atoms with Gasteiger partial charge >= 0.3 is 0 Å². The first kappa shape index (κ1) is 19.7. The summed E-state index contributed by atoms with van der Waals surface area (Å²) < 4.78 is 0. The van der Waals surface area contributed by atoms with E-state index in [0.717, 1.165) is 35.7 Å². The van der Waals surface area contributed by atoms with E-state index in [1.54, 1.807) is 6.20 Å². The Bertz CT molecular complexity index is 645. The number of nitrogens with one attached hydrogen (secondary N) is 1. The Morgan fingerprint density at radius 3 is 2.78 bits per heavy atom. The van der Waals surface area contributed by atoms with Crippen molar-refractivity contribution < 1.29 is 4.79 Å². The van der Waals surface area contributed by atoms with E-state index in [9.17, 15) is 4.79 Å². The molecular weight excluding hydrogens is 333 g/mol. The molecule has 23 heavy (non-hydrogen) atoms. The summed E-state index contributed by atoms with van der Waals surface area (Å²) in [7, 11) is 0. The molecule has 1 aromatic carbocycles. The summed E-state index contributed by atoms with van der Waals surface area (Å²) in [6.07, 6.45) is 4.92. The number of carbonyl (C=O) groups excluding carboxylic acids is 1. The standard InChI is InChI=1S/C17H21N3O.2ClH/c18-10-13-5-3-7-15(13)17(21)20-11-16-14-6-2-1-4-12(14)8-9-19-16;;/h1-2,4,6,8-9,13,15H,3,5,7,10-11,18H2,(H,20,21);2*1H/t13-,15-;;/m1../s1. The first-order valence-corrected chi connectivity index (χ1v) is 7.60. The minimum atomic E-state index is 0. The highest BCUT2D eigenvalue weighted by atomic mass is 35.5. The van der Waals surface area contributed by atoms with Crippen LogP contribution in [0, 0.1) is 11.8 Å². The Morgan fingerprint density at radius 2 is 2.00 bits per heavy atom. The highest BCUT2D eigenvalue weighted by molar-refractivity contribution is 5.86. The number of hydrogen-bond donors (Lipinski definition) is 2. The number of carbonyl (C=O) groups is 1. The van der Waals surface area contributed by atoms with Crippen molar-refractivity contribution in [3.63, 3.8) is 0 Å². The van der Waals surface area contributed by atoms with Crippen LogP contribution in [0.2, 0.25) is 0 Å². The van der Waals surface area contributed by atoms with Crippen molar-refractivity contribution in [1.29, 1.82) is 0 Å². The van der Waals surface area contributed by atoms with Crippen LogP contribution in [0.25, 0.3) is 10.8 Å². The molecule has 2 aromatic rings. The number of amides is 1. The minimum absolute atomic E-state index is 0. The normalized spacial score (nSPS) is 19.7. The third kappa shape index (κ3) is 4.34. The molecule has 6 heteroatoms. The third-order valence-corrected chi connectivity index (χ3v) is 4.48. The second kappa shape index (κ2) is 9.06. The zero-order chi connectivity index (χ0) is 14.7. The number of pyridine rings is 1. The number of nitrogens with zero attached hydrogens (tertiary/aromatic N) is 1. The van der Waals surface area contributed by atoms with Crippen LogP contribution >= 0.6 is 24.8 Å². The quantitative estimate of drug-likeness (QED) is 0.885. The lowest BCUT2D eigenvalue weighted by atomic mass is 9.95. The Balaban J connectivity index is 0.00000132. The van der Waals surface area contributed by atoms with Gasteiger partial charge in [0.1, 0.15) is 0 Å². The van der Waals surface area contributed by atoms with Crippen molar-refractivity contribution in [2.24, 2.45) is 17.6 Å². The fourth-order valence-corrected chi connectivity index (χ4v) is 3.29. The Hall–Kier alpha value is -1.36. The Morgan fingerprint density at radius 1 is 1.22 bits per heavy atom. The highest BCUT2D eigenvalue weighted by Crippen LogP contribution is 2.31. The molecule has 4 nitrogen and oxygen atoms in total. The average molecular weight is 356 g/mol. The summed E-state index contributed by atoms with van der Waals surface area (Å²) in [5, 5.41) is 5.29. The van der Waals surface area contributed by atoms with Crippen molar-refractivity contribution in [2.45, 2.75) is 25.8 Å². The van der Waals surface area contributed by atoms with Gasteiger partial charge in [0.15, 0.2) is 0 Å². The van der Waals surface area contributed by atoms with Crippen LogP contribution in [0.15, 0.2) is 36.5 Å². The van der Waals surface area contributed by atoms with Crippen molar-refractivity contribution >= 4 is 41.5 Å². The molecule has 0 spiro atoms. The molecule has 1 amide bonds. The van der Waals surface area contributed by atoms with Gasteiger partial charge in [-0.1, -0.05) is 30.7 Å². The number of nitrogens with two attached hydrogens (primary N) is 1. The fourth-order valence-electron chi connectivity index (χ4n) is 3.29. The lowest BCUT2D eigenvalue weighted by Gasteiger charge is -2.17. The average Bonchev–Trinajstić information content (AvgIpc) is 3.01. The van der Waals surface area contributed by atoms with Crippen LogP contribution in [-0.4, -0.2) is 17.4 Å². The first-order chi connectivity index (χ1) is 10.3. The van der Waals surface area contributed by atoms with Crippen LogP contribution in [0.4, 0.5) is 0 Å². The summed E-state index contributed by atoms with van der Waals surface area (Å²) in [5.41, 5.74) is 6.67. The zero-order valence-electron chi connectivity index (χ0n) is 12.9. The molecule has 0 bridgehead atoms. The Labute approximate surface area is 149 Å². The molecule has 0 aliphatic heterocycles. The van der Waals surface area contributed by atoms with Gasteiger partial charge in [-0.05, 0) is 36.8 Å². The molecule has 1 saturated carbocycles. The molecule has 0 saturated heterocycles. The number of halogens is 2. The maximum atomic E-state index is 12.3. The van der Waals surface area contributed by atoms with E-state index in [1.165, 1.54) is 0 Å². The zero-order valence-corrected chi connectivity index (χ0v) is 14.5. The molecule has 0 unspecified atom stereocenters. The number of aromatic nitrogens is 1. The molecule has 0 radical (unpaired) electrons. The summed E-state index contributed by atoms with van der Waals surface area (Å²) in [4.78, 5) is 16.7. The van der Waals surface area contributed by atoms with Crippen molar-refractivity contribution in [3.8, 4) is 0 Å². The SMILES string of the molecule is Cl.Cl.NC[C@H]1CCC[C@H]1C(=O)NCc1nccc2ccccc12. The van der Waals surface area contributed by atoms with E-state index in [-0.39, 0.29) is 36.6 Å². The van der Waals surface area contributed by atoms with Gasteiger partial charge in [0.05, 0.1) is 12.2 Å². The second-order valence-corrected chi connectivity index (χ2v) is 5.73. The maximum Gasteiger partial charge on any atom is 0.223 e. The van der Waals surface area contributed by atoms with Crippen molar-refractivity contribution in [1.82, 2.24) is 10.3 Å². The topological polar surface area (TPSA) is 68.0 Å². The van der Waals surface area contributed by atoms with Gasteiger partial charge in [0, 0.05) is 17.5 Å². The van der Waals surface area contributed by atoms with Crippen LogP contribution in [-0.2, 0) is 11.3 Å². The lowest BCUT2D eigenvalue weighted by Crippen LogP contribution is -2.34. The summed E-state index contributed by atoms with van der Waals surface area (Å²) in [5.74, 6) is 0.535. The molecule has 1 aromatic heterocycles. The molecule has 126 valence electrons. The predicted molar refractivity (Wildman–Crippen MR) is 98.0 cm³/mol. The maximum absolute atomic E-state index is 12.3. The fraction of sp³-hybridized carbons (Fsp3) is 0.412. The third-order valence-electron chi connectivity index (χ3n) is 4.48. The number of rotatable bonds is 4. The van der Waals surface area contributed by atoms with E-state index < -0.39 is 0 Å². The van der Waals surface area contributed by atoms with E-state index in [1.807, 2.05) is 24.3 Å². The Kier molecular flexibility index (Phi) is 7.76. The second-order valence-electron chi connectivity index (χ2n) is 5.73. The first-order valence-electron chi connectivity index (χ1n) is 7.60. The van der Waals surface area contributed by atoms with E-state index in [4.69, 9.17) is 5.73 Å². The molecule has 1 heterocycles. The summed E-state index contributed by atoms with van der Waals surface area (Å²) >= 11 is 0. The van der Waals surface area contributed by atoms with E-state index in [0.29, 0.717) is 19.0 Å². The van der Waals surface area contributed by atoms with Crippen molar-refractivity contribution in [3.05, 3.63) is 42.2 Å². The van der Waals surface area contributed by atoms with Crippen LogP contribution in [0.5, 0.6) is 0 Å². The van der Waals surface area contributed by atoms with Crippen LogP contribution < -0.4 is 11.1 Å². The number of benzene rings is 1. The van der Waals surface area contributed by atoms with Gasteiger partial charge in [0.25, 0.3) is 0 Å². The molecule has 2 atom stereocenters. The highest BCUT2D eigenvalue weighted by Gasteiger charge is 2.31. The molecule has 1 aliphatic carbocycles. The van der Waals surface area contributed by atoms with Crippen LogP contribution in [0.3, 0.4) is 0 Å². The van der Waals surface area contributed by atoms with E-state index >= 15 is 0 Å². The van der Waals surface area contributed by atoms with Crippen LogP contribution in [0.1, 0.15) is 25.0 Å². The number of hydrogen-bond acceptors (Lipinski definition) is 3. The predicted octanol–water partition coefficient (Wildman–Crippen LogP) is 3.07. The summed E-state index contributed by atoms with van der Waals surface area (Å²) in [6.45, 7) is 1.08. The van der Waals surface area contributed by atoms with Gasteiger partial charge in [-0.2, -0.15) is 0 Å². The largest absolute Gasteiger partial charge is 0.350 e. The summed E-state index contributed by atoms with van der Waals surface area (Å²) in [6, 6.07) is 10.1. The van der Waals surface area contributed by atoms with Gasteiger partial charge in [-0.15, -0.1) is 24.8 Å². The van der Waals surface area contributed by atoms with Crippen molar-refractivity contribution in [2.75, 3.05) is 6.54 Å². The van der Waals surface area contributed by atoms with E-state index in [2.05, 4.69) is 16.4 Å². The van der Waals surface area contributed by atoms with Gasteiger partial charge < -0.3 is 11.1 Å². The van der Waals surface area contributed by atoms with Gasteiger partial charge in [0.2, 0.25) is 5.91 Å². The van der Waals surface area contributed by atoms with Gasteiger partial charge in [-0.3, -0.25) is 9.78 Å². The monoisotopic (exact) mass is 355 g/mol. The molecule has 1 aliphatic rings.